The molecule has 19 heavy (non-hydrogen) atoms. The summed E-state index contributed by atoms with van der Waals surface area (Å²) in [6, 6.07) is 6.26. The molecule has 0 bridgehead atoms. The van der Waals surface area contributed by atoms with Crippen LogP contribution in [0.4, 0.5) is 0 Å². The minimum Gasteiger partial charge on any atom is -0.319 e. The molecule has 1 aliphatic carbocycles. The molecule has 98 valence electrons. The molecular formula is C16H16BrNO. The van der Waals surface area contributed by atoms with Gasteiger partial charge in [0.2, 0.25) is 0 Å². The molecule has 1 aromatic carbocycles. The maximum atomic E-state index is 11.9. The summed E-state index contributed by atoms with van der Waals surface area (Å²) < 4.78 is 3.26. The predicted molar refractivity (Wildman–Crippen MR) is 80.2 cm³/mol. The Bertz CT molecular complexity index is 646. The van der Waals surface area contributed by atoms with Gasteiger partial charge in [0.1, 0.15) is 0 Å². The highest BCUT2D eigenvalue weighted by molar-refractivity contribution is 9.10. The highest BCUT2D eigenvalue weighted by Crippen LogP contribution is 2.31. The van der Waals surface area contributed by atoms with E-state index in [0.29, 0.717) is 6.42 Å². The molecule has 3 heteroatoms. The lowest BCUT2D eigenvalue weighted by Gasteiger charge is -2.18. The average Bonchev–Trinajstić information content (AvgIpc) is 2.73. The Morgan fingerprint density at radius 1 is 1.21 bits per heavy atom. The Labute approximate surface area is 121 Å². The van der Waals surface area contributed by atoms with Crippen molar-refractivity contribution < 1.29 is 4.79 Å². The number of halogens is 1. The second-order valence-electron chi connectivity index (χ2n) is 5.24. The first kappa shape index (κ1) is 12.7. The van der Waals surface area contributed by atoms with E-state index in [1.807, 2.05) is 12.3 Å². The molecule has 0 spiro atoms. The number of carbonyl (C=O) groups is 1. The third-order valence-corrected chi connectivity index (χ3v) is 4.35. The van der Waals surface area contributed by atoms with Crippen LogP contribution in [0.15, 0.2) is 28.9 Å². The van der Waals surface area contributed by atoms with E-state index >= 15 is 0 Å². The largest absolute Gasteiger partial charge is 0.319 e. The van der Waals surface area contributed by atoms with Crippen molar-refractivity contribution in [2.24, 2.45) is 0 Å². The van der Waals surface area contributed by atoms with Gasteiger partial charge in [-0.2, -0.15) is 0 Å². The lowest BCUT2D eigenvalue weighted by atomic mass is 9.96. The molecular weight excluding hydrogens is 302 g/mol. The molecule has 0 aliphatic heterocycles. The fourth-order valence-electron chi connectivity index (χ4n) is 2.95. The highest BCUT2D eigenvalue weighted by Gasteiger charge is 2.22. The predicted octanol–water partition coefficient (Wildman–Crippen LogP) is 4.38. The number of hydrogen-bond acceptors (Lipinski definition) is 1. The van der Waals surface area contributed by atoms with E-state index in [4.69, 9.17) is 0 Å². The highest BCUT2D eigenvalue weighted by atomic mass is 79.9. The molecule has 2 nitrogen and oxygen atoms in total. The lowest BCUT2D eigenvalue weighted by Crippen LogP contribution is -2.13. The summed E-state index contributed by atoms with van der Waals surface area (Å²) in [5.74, 6) is 0.279. The first-order valence-electron chi connectivity index (χ1n) is 6.58. The van der Waals surface area contributed by atoms with Crippen LogP contribution in [-0.2, 0) is 6.42 Å². The van der Waals surface area contributed by atoms with Crippen molar-refractivity contribution in [3.8, 4) is 5.69 Å². The van der Waals surface area contributed by atoms with E-state index < -0.39 is 0 Å². The number of carbonyl (C=O) groups excluding carboxylic acids is 1. The van der Waals surface area contributed by atoms with Gasteiger partial charge >= 0.3 is 0 Å². The summed E-state index contributed by atoms with van der Waals surface area (Å²) in [5.41, 5.74) is 5.68. The molecule has 0 N–H and O–H groups in total. The standard InChI is InChI=1S/C16H16BrNO/c1-10-8-11(2)16(13(17)9-10)18-7-6-12-14(18)4-3-5-15(12)19/h6-9H,3-5H2,1-2H3. The SMILES string of the molecule is Cc1cc(C)c(-n2ccc3c2CCCC3=O)c(Br)c1. The van der Waals surface area contributed by atoms with E-state index in [2.05, 4.69) is 46.5 Å². The summed E-state index contributed by atoms with van der Waals surface area (Å²) >= 11 is 3.66. The number of aryl methyl sites for hydroxylation is 2. The molecule has 1 heterocycles. The number of rotatable bonds is 1. The maximum Gasteiger partial charge on any atom is 0.164 e. The molecule has 0 unspecified atom stereocenters. The van der Waals surface area contributed by atoms with Gasteiger partial charge in [-0.05, 0) is 65.9 Å². The fraction of sp³-hybridized carbons (Fsp3) is 0.312. The number of ketones is 1. The van der Waals surface area contributed by atoms with E-state index in [1.165, 1.54) is 11.1 Å². The average molecular weight is 318 g/mol. The third-order valence-electron chi connectivity index (χ3n) is 3.75. The molecule has 0 radical (unpaired) electrons. The van der Waals surface area contributed by atoms with Crippen molar-refractivity contribution >= 4 is 21.7 Å². The van der Waals surface area contributed by atoms with Crippen LogP contribution in [0.25, 0.3) is 5.69 Å². The Morgan fingerprint density at radius 2 is 2.00 bits per heavy atom. The van der Waals surface area contributed by atoms with Gasteiger partial charge in [-0.25, -0.2) is 0 Å². The van der Waals surface area contributed by atoms with Crippen LogP contribution in [0.2, 0.25) is 0 Å². The lowest BCUT2D eigenvalue weighted by molar-refractivity contribution is 0.0972. The Balaban J connectivity index is 2.21. The first-order chi connectivity index (χ1) is 9.08. The summed E-state index contributed by atoms with van der Waals surface area (Å²) in [5, 5.41) is 0. The monoisotopic (exact) mass is 317 g/mol. The molecule has 0 saturated heterocycles. The van der Waals surface area contributed by atoms with Crippen LogP contribution in [0.5, 0.6) is 0 Å². The van der Waals surface area contributed by atoms with Gasteiger partial charge in [-0.15, -0.1) is 0 Å². The molecule has 1 aliphatic rings. The van der Waals surface area contributed by atoms with Crippen molar-refractivity contribution in [2.45, 2.75) is 33.1 Å². The normalized spacial score (nSPS) is 14.6. The van der Waals surface area contributed by atoms with Crippen LogP contribution in [0.3, 0.4) is 0 Å². The second-order valence-corrected chi connectivity index (χ2v) is 6.09. The summed E-state index contributed by atoms with van der Waals surface area (Å²) in [6.45, 7) is 4.21. The van der Waals surface area contributed by atoms with Gasteiger partial charge in [0, 0.05) is 28.3 Å². The number of fused-ring (bicyclic) bond motifs is 1. The maximum absolute atomic E-state index is 11.9. The number of nitrogens with zero attached hydrogens (tertiary/aromatic N) is 1. The van der Waals surface area contributed by atoms with E-state index in [0.717, 1.165) is 34.3 Å². The minimum atomic E-state index is 0.279. The summed E-state index contributed by atoms with van der Waals surface area (Å²) in [6.07, 6.45) is 4.65. The van der Waals surface area contributed by atoms with Gasteiger partial charge < -0.3 is 4.57 Å². The van der Waals surface area contributed by atoms with Gasteiger partial charge in [0.25, 0.3) is 0 Å². The van der Waals surface area contributed by atoms with Crippen LogP contribution >= 0.6 is 15.9 Å². The molecule has 0 amide bonds. The van der Waals surface area contributed by atoms with Gasteiger partial charge in [0.15, 0.2) is 5.78 Å². The topological polar surface area (TPSA) is 22.0 Å². The van der Waals surface area contributed by atoms with Crippen LogP contribution in [0.1, 0.15) is 40.0 Å². The van der Waals surface area contributed by atoms with E-state index in [1.54, 1.807) is 0 Å². The number of aromatic nitrogens is 1. The quantitative estimate of drug-likeness (QED) is 0.765. The molecule has 0 atom stereocenters. The van der Waals surface area contributed by atoms with Gasteiger partial charge in [-0.3, -0.25) is 4.79 Å². The third kappa shape index (κ3) is 2.06. The fourth-order valence-corrected chi connectivity index (χ4v) is 3.81. The second kappa shape index (κ2) is 4.64. The Kier molecular flexibility index (Phi) is 3.09. The number of benzene rings is 1. The zero-order valence-corrected chi connectivity index (χ0v) is 12.8. The summed E-state index contributed by atoms with van der Waals surface area (Å²) in [7, 11) is 0. The van der Waals surface area contributed by atoms with E-state index in [9.17, 15) is 4.79 Å². The smallest absolute Gasteiger partial charge is 0.164 e. The zero-order chi connectivity index (χ0) is 13.6. The first-order valence-corrected chi connectivity index (χ1v) is 7.38. The Hall–Kier alpha value is -1.35. The van der Waals surface area contributed by atoms with Crippen molar-refractivity contribution in [2.75, 3.05) is 0 Å². The van der Waals surface area contributed by atoms with Gasteiger partial charge in [0.05, 0.1) is 5.69 Å². The van der Waals surface area contributed by atoms with Crippen molar-refractivity contribution in [1.29, 1.82) is 0 Å². The minimum absolute atomic E-state index is 0.279. The number of Topliss-reactive ketones (excluding diaryl/α,β-unsaturated/α-hetero) is 1. The molecule has 1 aromatic heterocycles. The van der Waals surface area contributed by atoms with Gasteiger partial charge in [-0.1, -0.05) is 6.07 Å². The van der Waals surface area contributed by atoms with E-state index in [-0.39, 0.29) is 5.78 Å². The molecule has 0 saturated carbocycles. The van der Waals surface area contributed by atoms with Crippen molar-refractivity contribution in [3.63, 3.8) is 0 Å². The number of hydrogen-bond donors (Lipinski definition) is 0. The van der Waals surface area contributed by atoms with Crippen LogP contribution in [-0.4, -0.2) is 10.4 Å². The molecule has 3 rings (SSSR count). The zero-order valence-electron chi connectivity index (χ0n) is 11.2. The Morgan fingerprint density at radius 3 is 2.74 bits per heavy atom. The summed E-state index contributed by atoms with van der Waals surface area (Å²) in [4.78, 5) is 11.9. The van der Waals surface area contributed by atoms with Crippen LogP contribution < -0.4 is 0 Å². The molecule has 2 aromatic rings. The van der Waals surface area contributed by atoms with Crippen molar-refractivity contribution in [1.82, 2.24) is 4.57 Å². The van der Waals surface area contributed by atoms with Crippen LogP contribution in [0, 0.1) is 13.8 Å². The van der Waals surface area contributed by atoms with Crippen molar-refractivity contribution in [3.05, 3.63) is 51.3 Å². The molecule has 0 fully saturated rings.